The average Bonchev–Trinajstić information content (AvgIpc) is 3.55. The summed E-state index contributed by atoms with van der Waals surface area (Å²) in [6, 6.07) is 9.14. The number of hydrogen-bond donors (Lipinski definition) is 2. The molecule has 0 spiro atoms. The summed E-state index contributed by atoms with van der Waals surface area (Å²) in [7, 11) is 0. The summed E-state index contributed by atoms with van der Waals surface area (Å²) in [5.41, 5.74) is 0.342. The molecule has 4 rings (SSSR count). The number of amides is 3. The van der Waals surface area contributed by atoms with E-state index in [9.17, 15) is 18.8 Å². The second kappa shape index (κ2) is 12.6. The van der Waals surface area contributed by atoms with Gasteiger partial charge >= 0.3 is 0 Å². The number of hydrogen-bond acceptors (Lipinski definition) is 7. The number of anilines is 2. The molecule has 0 bridgehead atoms. The molecule has 37 heavy (non-hydrogen) atoms. The minimum Gasteiger partial charge on any atom is -0.467 e. The summed E-state index contributed by atoms with van der Waals surface area (Å²) in [6.45, 7) is 1.71. The molecular weight excluding hydrogens is 499 g/mol. The van der Waals surface area contributed by atoms with Gasteiger partial charge in [-0.05, 0) is 56.2 Å². The van der Waals surface area contributed by atoms with Crippen molar-refractivity contribution in [2.45, 2.75) is 51.1 Å². The van der Waals surface area contributed by atoms with Crippen molar-refractivity contribution in [1.82, 2.24) is 10.5 Å². The standard InChI is InChI=1S/C26H29FN4O5S/c1-17-14-22(30-36-17)29-23(32)15-37-16-24(33)31(20-11-9-18(27)10-12-20)25(21-8-5-13-35-21)26(34)28-19-6-3-2-4-7-19/h5,8-14,19,25H,2-4,6-7,15-16H2,1H3,(H,28,34)(H,29,30,32)/t25-/m1/s1. The third kappa shape index (κ3) is 7.22. The molecule has 2 N–H and O–H groups in total. The van der Waals surface area contributed by atoms with E-state index in [1.807, 2.05) is 0 Å². The Hall–Kier alpha value is -3.60. The van der Waals surface area contributed by atoms with Crippen LogP contribution in [0.2, 0.25) is 0 Å². The molecule has 196 valence electrons. The zero-order chi connectivity index (χ0) is 26.2. The van der Waals surface area contributed by atoms with E-state index < -0.39 is 17.8 Å². The number of halogens is 1. The Morgan fingerprint density at radius 1 is 1.14 bits per heavy atom. The van der Waals surface area contributed by atoms with Crippen LogP contribution in [0.25, 0.3) is 0 Å². The zero-order valence-electron chi connectivity index (χ0n) is 20.4. The molecule has 1 aromatic carbocycles. The van der Waals surface area contributed by atoms with E-state index in [1.54, 1.807) is 25.1 Å². The molecule has 0 unspecified atom stereocenters. The van der Waals surface area contributed by atoms with Gasteiger partial charge in [-0.1, -0.05) is 24.4 Å². The van der Waals surface area contributed by atoms with Crippen LogP contribution in [0.4, 0.5) is 15.9 Å². The quantitative estimate of drug-likeness (QED) is 0.395. The fourth-order valence-corrected chi connectivity index (χ4v) is 4.96. The summed E-state index contributed by atoms with van der Waals surface area (Å²) >= 11 is 1.09. The van der Waals surface area contributed by atoms with Crippen molar-refractivity contribution in [3.05, 3.63) is 66.1 Å². The highest BCUT2D eigenvalue weighted by Crippen LogP contribution is 2.30. The topological polar surface area (TPSA) is 118 Å². The van der Waals surface area contributed by atoms with Crippen LogP contribution in [0, 0.1) is 12.7 Å². The molecule has 1 saturated carbocycles. The molecule has 3 amide bonds. The maximum absolute atomic E-state index is 13.7. The lowest BCUT2D eigenvalue weighted by Gasteiger charge is -2.32. The number of carbonyl (C=O) groups excluding carboxylic acids is 3. The van der Waals surface area contributed by atoms with Gasteiger partial charge in [0.15, 0.2) is 11.9 Å². The molecule has 0 aliphatic heterocycles. The second-order valence-corrected chi connectivity index (χ2v) is 9.85. The van der Waals surface area contributed by atoms with E-state index in [0.29, 0.717) is 17.3 Å². The Balaban J connectivity index is 1.51. The SMILES string of the molecule is Cc1cc(NC(=O)CSCC(=O)N(c2ccc(F)cc2)[C@@H](C(=O)NC2CCCCC2)c2ccco2)no1. The lowest BCUT2D eigenvalue weighted by Crippen LogP contribution is -2.47. The fraction of sp³-hybridized carbons (Fsp3) is 0.385. The first-order chi connectivity index (χ1) is 17.9. The molecule has 0 saturated heterocycles. The van der Waals surface area contributed by atoms with Gasteiger partial charge in [-0.25, -0.2) is 4.39 Å². The molecule has 1 atom stereocenters. The summed E-state index contributed by atoms with van der Waals surface area (Å²) < 4.78 is 24.2. The van der Waals surface area contributed by atoms with Crippen molar-refractivity contribution in [2.24, 2.45) is 0 Å². The first-order valence-corrected chi connectivity index (χ1v) is 13.3. The number of nitrogens with zero attached hydrogens (tertiary/aromatic N) is 2. The van der Waals surface area contributed by atoms with E-state index in [-0.39, 0.29) is 35.1 Å². The Labute approximate surface area is 218 Å². The van der Waals surface area contributed by atoms with E-state index in [2.05, 4.69) is 15.8 Å². The van der Waals surface area contributed by atoms with Crippen molar-refractivity contribution in [2.75, 3.05) is 21.7 Å². The average molecular weight is 529 g/mol. The molecule has 2 aromatic heterocycles. The van der Waals surface area contributed by atoms with E-state index in [1.165, 1.54) is 35.4 Å². The number of aryl methyl sites for hydroxylation is 1. The van der Waals surface area contributed by atoms with Crippen LogP contribution < -0.4 is 15.5 Å². The monoisotopic (exact) mass is 528 g/mol. The Morgan fingerprint density at radius 2 is 1.89 bits per heavy atom. The summed E-state index contributed by atoms with van der Waals surface area (Å²) in [5.74, 6) is -0.599. The first-order valence-electron chi connectivity index (χ1n) is 12.1. The van der Waals surface area contributed by atoms with Crippen LogP contribution in [0.3, 0.4) is 0 Å². The van der Waals surface area contributed by atoms with E-state index in [4.69, 9.17) is 8.94 Å². The largest absolute Gasteiger partial charge is 0.467 e. The van der Waals surface area contributed by atoms with Crippen molar-refractivity contribution in [3.8, 4) is 0 Å². The van der Waals surface area contributed by atoms with Crippen molar-refractivity contribution < 1.29 is 27.7 Å². The van der Waals surface area contributed by atoms with Gasteiger partial charge in [-0.15, -0.1) is 11.8 Å². The maximum atomic E-state index is 13.7. The van der Waals surface area contributed by atoms with Gasteiger partial charge < -0.3 is 19.6 Å². The number of thioether (sulfide) groups is 1. The minimum atomic E-state index is -1.09. The Bertz CT molecular complexity index is 1190. The van der Waals surface area contributed by atoms with Gasteiger partial charge in [0, 0.05) is 17.8 Å². The molecule has 3 aromatic rings. The lowest BCUT2D eigenvalue weighted by molar-refractivity contribution is -0.127. The van der Waals surface area contributed by atoms with Gasteiger partial charge in [-0.3, -0.25) is 19.3 Å². The molecule has 11 heteroatoms. The molecule has 9 nitrogen and oxygen atoms in total. The molecule has 0 radical (unpaired) electrons. The first kappa shape index (κ1) is 26.5. The predicted octanol–water partition coefficient (Wildman–Crippen LogP) is 4.61. The second-order valence-electron chi connectivity index (χ2n) is 8.87. The Morgan fingerprint density at radius 3 is 2.54 bits per heavy atom. The van der Waals surface area contributed by atoms with E-state index >= 15 is 0 Å². The minimum absolute atomic E-state index is 0.0159. The summed E-state index contributed by atoms with van der Waals surface area (Å²) in [4.78, 5) is 40.7. The normalized spacial score (nSPS) is 14.6. The van der Waals surface area contributed by atoms with Crippen LogP contribution in [0.15, 0.2) is 57.7 Å². The van der Waals surface area contributed by atoms with Crippen LogP contribution in [0.1, 0.15) is 49.7 Å². The number of aromatic nitrogens is 1. The molecular formula is C26H29FN4O5S. The van der Waals surface area contributed by atoms with Gasteiger partial charge in [0.2, 0.25) is 11.8 Å². The van der Waals surface area contributed by atoms with Gasteiger partial charge in [-0.2, -0.15) is 0 Å². The molecule has 1 aliphatic carbocycles. The van der Waals surface area contributed by atoms with Crippen molar-refractivity contribution in [3.63, 3.8) is 0 Å². The highest BCUT2D eigenvalue weighted by Gasteiger charge is 2.36. The van der Waals surface area contributed by atoms with Crippen LogP contribution >= 0.6 is 11.8 Å². The van der Waals surface area contributed by atoms with Crippen LogP contribution in [-0.4, -0.2) is 40.4 Å². The summed E-state index contributed by atoms with van der Waals surface area (Å²) in [6.07, 6.45) is 6.38. The maximum Gasteiger partial charge on any atom is 0.251 e. The van der Waals surface area contributed by atoms with Crippen LogP contribution in [-0.2, 0) is 14.4 Å². The number of carbonyl (C=O) groups is 3. The number of benzene rings is 1. The third-order valence-electron chi connectivity index (χ3n) is 6.00. The van der Waals surface area contributed by atoms with Gasteiger partial charge in [0.1, 0.15) is 17.3 Å². The predicted molar refractivity (Wildman–Crippen MR) is 138 cm³/mol. The van der Waals surface area contributed by atoms with Crippen LogP contribution in [0.5, 0.6) is 0 Å². The van der Waals surface area contributed by atoms with E-state index in [0.717, 1.165) is 43.9 Å². The summed E-state index contributed by atoms with van der Waals surface area (Å²) in [5, 5.41) is 9.39. The molecule has 2 heterocycles. The van der Waals surface area contributed by atoms with Crippen molar-refractivity contribution in [1.29, 1.82) is 0 Å². The highest BCUT2D eigenvalue weighted by atomic mass is 32.2. The van der Waals surface area contributed by atoms with Gasteiger partial charge in [0.05, 0.1) is 17.8 Å². The van der Waals surface area contributed by atoms with Crippen molar-refractivity contribution >= 4 is 41.0 Å². The fourth-order valence-electron chi connectivity index (χ4n) is 4.29. The molecule has 1 aliphatic rings. The Kier molecular flexibility index (Phi) is 8.99. The smallest absolute Gasteiger partial charge is 0.251 e. The van der Waals surface area contributed by atoms with Gasteiger partial charge in [0.25, 0.3) is 5.91 Å². The third-order valence-corrected chi connectivity index (χ3v) is 6.92. The number of rotatable bonds is 10. The number of furan rings is 1. The zero-order valence-corrected chi connectivity index (χ0v) is 21.3. The number of nitrogens with one attached hydrogen (secondary N) is 2. The highest BCUT2D eigenvalue weighted by molar-refractivity contribution is 8.00. The molecule has 1 fully saturated rings. The lowest BCUT2D eigenvalue weighted by atomic mass is 9.95.